The number of nitrogens with zero attached hydrogens (tertiary/aromatic N) is 2. The van der Waals surface area contributed by atoms with Crippen LogP contribution in [0.4, 0.5) is 10.1 Å². The molecule has 0 radical (unpaired) electrons. The molecule has 106 valence electrons. The van der Waals surface area contributed by atoms with Gasteiger partial charge in [0.1, 0.15) is 11.6 Å². The molecule has 1 aromatic heterocycles. The van der Waals surface area contributed by atoms with Crippen LogP contribution in [-0.4, -0.2) is 17.3 Å². The van der Waals surface area contributed by atoms with Gasteiger partial charge in [-0.05, 0) is 24.3 Å². The van der Waals surface area contributed by atoms with E-state index in [4.69, 9.17) is 15.0 Å². The van der Waals surface area contributed by atoms with E-state index in [-0.39, 0.29) is 11.5 Å². The SMILES string of the molecule is COc1cc(N)ccc1-c1noc(-c2ccccc2F)n1. The van der Waals surface area contributed by atoms with Crippen molar-refractivity contribution >= 4 is 5.69 Å². The second kappa shape index (κ2) is 5.24. The number of hydrogen-bond acceptors (Lipinski definition) is 5. The molecule has 6 heteroatoms. The first-order valence-corrected chi connectivity index (χ1v) is 6.21. The molecular formula is C15H12FN3O2. The van der Waals surface area contributed by atoms with Gasteiger partial charge in [-0.1, -0.05) is 17.3 Å². The molecule has 0 aliphatic carbocycles. The molecule has 2 N–H and O–H groups in total. The lowest BCUT2D eigenvalue weighted by Gasteiger charge is -2.05. The second-order valence-corrected chi connectivity index (χ2v) is 4.36. The van der Waals surface area contributed by atoms with E-state index in [1.807, 2.05) is 0 Å². The smallest absolute Gasteiger partial charge is 0.261 e. The fraction of sp³-hybridized carbons (Fsp3) is 0.0667. The summed E-state index contributed by atoms with van der Waals surface area (Å²) in [5.74, 6) is 0.528. The highest BCUT2D eigenvalue weighted by Gasteiger charge is 2.16. The van der Waals surface area contributed by atoms with Crippen LogP contribution in [0.15, 0.2) is 47.0 Å². The van der Waals surface area contributed by atoms with Crippen LogP contribution in [0.1, 0.15) is 0 Å². The zero-order valence-corrected chi connectivity index (χ0v) is 11.2. The Balaban J connectivity index is 2.05. The first-order chi connectivity index (χ1) is 10.2. The Labute approximate surface area is 120 Å². The van der Waals surface area contributed by atoms with Crippen molar-refractivity contribution in [3.8, 4) is 28.6 Å². The number of halogens is 1. The van der Waals surface area contributed by atoms with Crippen LogP contribution in [-0.2, 0) is 0 Å². The van der Waals surface area contributed by atoms with Crippen LogP contribution in [0.5, 0.6) is 5.75 Å². The molecule has 0 amide bonds. The molecule has 0 saturated carbocycles. The predicted molar refractivity (Wildman–Crippen MR) is 76.1 cm³/mol. The molecule has 3 rings (SSSR count). The average molecular weight is 285 g/mol. The van der Waals surface area contributed by atoms with Gasteiger partial charge >= 0.3 is 0 Å². The Bertz CT molecular complexity index is 786. The van der Waals surface area contributed by atoms with Crippen molar-refractivity contribution in [3.63, 3.8) is 0 Å². The first-order valence-electron chi connectivity index (χ1n) is 6.21. The summed E-state index contributed by atoms with van der Waals surface area (Å²) in [7, 11) is 1.52. The van der Waals surface area contributed by atoms with Crippen molar-refractivity contribution in [1.82, 2.24) is 10.1 Å². The Morgan fingerprint density at radius 1 is 1.14 bits per heavy atom. The van der Waals surface area contributed by atoms with Gasteiger partial charge < -0.3 is 15.0 Å². The molecule has 0 aliphatic rings. The number of methoxy groups -OCH3 is 1. The van der Waals surface area contributed by atoms with Gasteiger partial charge in [-0.25, -0.2) is 4.39 Å². The fourth-order valence-corrected chi connectivity index (χ4v) is 1.97. The zero-order chi connectivity index (χ0) is 14.8. The van der Waals surface area contributed by atoms with Crippen LogP contribution in [0.3, 0.4) is 0 Å². The van der Waals surface area contributed by atoms with Crippen LogP contribution in [0, 0.1) is 5.82 Å². The van der Waals surface area contributed by atoms with E-state index in [2.05, 4.69) is 10.1 Å². The molecule has 0 fully saturated rings. The summed E-state index contributed by atoms with van der Waals surface area (Å²) in [6.45, 7) is 0. The van der Waals surface area contributed by atoms with Crippen LogP contribution >= 0.6 is 0 Å². The summed E-state index contributed by atoms with van der Waals surface area (Å²) < 4.78 is 24.1. The van der Waals surface area contributed by atoms with Crippen molar-refractivity contribution in [1.29, 1.82) is 0 Å². The number of hydrogen-bond donors (Lipinski definition) is 1. The molecule has 2 aromatic carbocycles. The van der Waals surface area contributed by atoms with E-state index in [0.29, 0.717) is 22.8 Å². The molecule has 3 aromatic rings. The molecule has 0 spiro atoms. The van der Waals surface area contributed by atoms with Gasteiger partial charge in [-0.2, -0.15) is 4.98 Å². The Morgan fingerprint density at radius 2 is 1.95 bits per heavy atom. The third kappa shape index (κ3) is 2.43. The third-order valence-corrected chi connectivity index (χ3v) is 3.00. The summed E-state index contributed by atoms with van der Waals surface area (Å²) in [6.07, 6.45) is 0. The predicted octanol–water partition coefficient (Wildman–Crippen LogP) is 3.13. The Morgan fingerprint density at radius 3 is 2.71 bits per heavy atom. The van der Waals surface area contributed by atoms with Crippen molar-refractivity contribution in [2.75, 3.05) is 12.8 Å². The maximum Gasteiger partial charge on any atom is 0.261 e. The first kappa shape index (κ1) is 13.1. The van der Waals surface area contributed by atoms with Gasteiger partial charge in [-0.3, -0.25) is 0 Å². The Hall–Kier alpha value is -2.89. The quantitative estimate of drug-likeness (QED) is 0.748. The molecule has 0 bridgehead atoms. The van der Waals surface area contributed by atoms with Gasteiger partial charge in [0.2, 0.25) is 5.82 Å². The number of nitrogens with two attached hydrogens (primary N) is 1. The van der Waals surface area contributed by atoms with Crippen molar-refractivity contribution < 1.29 is 13.7 Å². The van der Waals surface area contributed by atoms with Gasteiger partial charge in [0.25, 0.3) is 5.89 Å². The molecule has 0 atom stereocenters. The van der Waals surface area contributed by atoms with E-state index in [0.717, 1.165) is 0 Å². The lowest BCUT2D eigenvalue weighted by Crippen LogP contribution is -1.92. The average Bonchev–Trinajstić information content (AvgIpc) is 2.97. The molecule has 1 heterocycles. The summed E-state index contributed by atoms with van der Waals surface area (Å²) in [5.41, 5.74) is 7.15. The Kier molecular flexibility index (Phi) is 3.27. The number of anilines is 1. The van der Waals surface area contributed by atoms with E-state index >= 15 is 0 Å². The van der Waals surface area contributed by atoms with Gasteiger partial charge in [0.15, 0.2) is 0 Å². The molecule has 0 saturated heterocycles. The number of ether oxygens (including phenoxy) is 1. The van der Waals surface area contributed by atoms with Crippen molar-refractivity contribution in [2.45, 2.75) is 0 Å². The number of benzene rings is 2. The molecule has 0 aliphatic heterocycles. The highest BCUT2D eigenvalue weighted by atomic mass is 19.1. The number of aromatic nitrogens is 2. The minimum Gasteiger partial charge on any atom is -0.496 e. The van der Waals surface area contributed by atoms with E-state index in [9.17, 15) is 4.39 Å². The van der Waals surface area contributed by atoms with Gasteiger partial charge in [0.05, 0.1) is 18.2 Å². The molecule has 5 nitrogen and oxygen atoms in total. The monoisotopic (exact) mass is 285 g/mol. The standard InChI is InChI=1S/C15H12FN3O2/c1-20-13-8-9(17)6-7-11(13)14-18-15(21-19-14)10-4-2-3-5-12(10)16/h2-8H,17H2,1H3. The van der Waals surface area contributed by atoms with Crippen LogP contribution < -0.4 is 10.5 Å². The third-order valence-electron chi connectivity index (χ3n) is 3.00. The highest BCUT2D eigenvalue weighted by Crippen LogP contribution is 2.31. The van der Waals surface area contributed by atoms with Gasteiger partial charge in [0, 0.05) is 11.8 Å². The minimum atomic E-state index is -0.419. The van der Waals surface area contributed by atoms with Crippen molar-refractivity contribution in [2.24, 2.45) is 0 Å². The van der Waals surface area contributed by atoms with E-state index in [1.54, 1.807) is 36.4 Å². The molecule has 21 heavy (non-hydrogen) atoms. The van der Waals surface area contributed by atoms with E-state index in [1.165, 1.54) is 13.2 Å². The van der Waals surface area contributed by atoms with E-state index < -0.39 is 5.82 Å². The van der Waals surface area contributed by atoms with Crippen LogP contribution in [0.25, 0.3) is 22.8 Å². The molecular weight excluding hydrogens is 273 g/mol. The maximum atomic E-state index is 13.7. The lowest BCUT2D eigenvalue weighted by atomic mass is 10.1. The van der Waals surface area contributed by atoms with Gasteiger partial charge in [-0.15, -0.1) is 0 Å². The summed E-state index contributed by atoms with van der Waals surface area (Å²) in [4.78, 5) is 4.21. The minimum absolute atomic E-state index is 0.113. The fourth-order valence-electron chi connectivity index (χ4n) is 1.97. The second-order valence-electron chi connectivity index (χ2n) is 4.36. The summed E-state index contributed by atoms with van der Waals surface area (Å²) in [5, 5.41) is 3.87. The molecule has 0 unspecified atom stereocenters. The van der Waals surface area contributed by atoms with Crippen molar-refractivity contribution in [3.05, 3.63) is 48.3 Å². The lowest BCUT2D eigenvalue weighted by molar-refractivity contribution is 0.413. The largest absolute Gasteiger partial charge is 0.496 e. The van der Waals surface area contributed by atoms with Crippen LogP contribution in [0.2, 0.25) is 0 Å². The number of rotatable bonds is 3. The normalized spacial score (nSPS) is 10.6. The zero-order valence-electron chi connectivity index (χ0n) is 11.2. The topological polar surface area (TPSA) is 74.2 Å². The highest BCUT2D eigenvalue weighted by molar-refractivity contribution is 5.69. The number of nitrogen functional groups attached to an aromatic ring is 1. The summed E-state index contributed by atoms with van der Waals surface area (Å²) >= 11 is 0. The maximum absolute atomic E-state index is 13.7. The summed E-state index contributed by atoms with van der Waals surface area (Å²) in [6, 6.07) is 11.3.